The minimum absolute atomic E-state index is 0.0436. The molecule has 1 aliphatic heterocycles. The number of hydrogen-bond acceptors (Lipinski definition) is 7. The molecule has 164 valence electrons. The molecule has 0 aromatic carbocycles. The van der Waals surface area contributed by atoms with Crippen LogP contribution in [0.1, 0.15) is 51.3 Å². The molecule has 2 aromatic rings. The molecule has 1 aliphatic rings. The molecule has 0 spiro atoms. The van der Waals surface area contributed by atoms with Crippen molar-refractivity contribution in [3.63, 3.8) is 0 Å². The Balaban J connectivity index is 2.35. The van der Waals surface area contributed by atoms with Gasteiger partial charge in [0.2, 0.25) is 5.91 Å². The average molecular weight is 460 g/mol. The maximum absolute atomic E-state index is 12.7. The number of carbonyl (C=O) groups is 1. The molecule has 1 unspecified atom stereocenters. The normalized spacial score (nSPS) is 18.4. The predicted octanol–water partition coefficient (Wildman–Crippen LogP) is 4.87. The van der Waals surface area contributed by atoms with Crippen LogP contribution in [-0.2, 0) is 9.53 Å². The second kappa shape index (κ2) is 9.20. The van der Waals surface area contributed by atoms with E-state index in [1.54, 1.807) is 6.20 Å². The van der Waals surface area contributed by atoms with Crippen molar-refractivity contribution in [2.45, 2.75) is 46.5 Å². The topological polar surface area (TPSA) is 127 Å². The van der Waals surface area contributed by atoms with Crippen LogP contribution in [0.4, 0.5) is 0 Å². The number of halogens is 1. The van der Waals surface area contributed by atoms with Gasteiger partial charge in [0.05, 0.1) is 21.9 Å². The molecular weight excluding hydrogens is 434 g/mol. The number of nitrogens with zero attached hydrogens (tertiary/aromatic N) is 2. The number of thiophene rings is 1. The lowest BCUT2D eigenvalue weighted by Gasteiger charge is -2.29. The highest BCUT2D eigenvalue weighted by Crippen LogP contribution is 2.46. The maximum atomic E-state index is 12.7. The highest BCUT2D eigenvalue weighted by Gasteiger charge is 2.37. The summed E-state index contributed by atoms with van der Waals surface area (Å²) in [6.45, 7) is 7.59. The molecule has 5 N–H and O–H groups in total. The lowest BCUT2D eigenvalue weighted by Crippen LogP contribution is -2.30. The Kier molecular flexibility index (Phi) is 6.81. The van der Waals surface area contributed by atoms with Gasteiger partial charge in [-0.2, -0.15) is 0 Å². The lowest BCUT2D eigenvalue weighted by atomic mass is 9.80. The highest BCUT2D eigenvalue weighted by atomic mass is 35.5. The number of amides is 1. The fraction of sp³-hybridized carbons (Fsp3) is 0.364. The Morgan fingerprint density at radius 1 is 1.39 bits per heavy atom. The van der Waals surface area contributed by atoms with E-state index in [4.69, 9.17) is 38.2 Å². The van der Waals surface area contributed by atoms with Crippen LogP contribution >= 0.6 is 22.9 Å². The molecule has 2 aromatic heterocycles. The van der Waals surface area contributed by atoms with E-state index in [0.29, 0.717) is 40.5 Å². The Morgan fingerprint density at radius 3 is 2.65 bits per heavy atom. The second-order valence-corrected chi connectivity index (χ2v) is 9.21. The van der Waals surface area contributed by atoms with Crippen molar-refractivity contribution in [3.05, 3.63) is 51.1 Å². The maximum Gasteiger partial charge on any atom is 0.247 e. The SMILES string of the molecule is CCC1=NC(CC(C)C)=C(C(N)=O)C(c2cc3ccnc(Cl)c3s2)/C1=C(/N)OC(C)=N. The first-order valence-corrected chi connectivity index (χ1v) is 11.2. The summed E-state index contributed by atoms with van der Waals surface area (Å²) in [6, 6.07) is 3.84. The first kappa shape index (κ1) is 23.0. The smallest absolute Gasteiger partial charge is 0.247 e. The zero-order valence-corrected chi connectivity index (χ0v) is 19.5. The van der Waals surface area contributed by atoms with E-state index in [-0.39, 0.29) is 17.7 Å². The van der Waals surface area contributed by atoms with Crippen LogP contribution < -0.4 is 11.5 Å². The summed E-state index contributed by atoms with van der Waals surface area (Å²) >= 11 is 7.75. The molecule has 0 bridgehead atoms. The van der Waals surface area contributed by atoms with Crippen molar-refractivity contribution >= 4 is 50.5 Å². The number of allylic oxidation sites excluding steroid dienone is 2. The van der Waals surface area contributed by atoms with E-state index in [1.807, 2.05) is 19.1 Å². The van der Waals surface area contributed by atoms with Gasteiger partial charge in [-0.3, -0.25) is 15.2 Å². The van der Waals surface area contributed by atoms with Crippen molar-refractivity contribution in [1.29, 1.82) is 5.41 Å². The number of ether oxygens (including phenoxy) is 1. The third-order valence-corrected chi connectivity index (χ3v) is 6.51. The number of primary amides is 1. The number of pyridine rings is 1. The summed E-state index contributed by atoms with van der Waals surface area (Å²) in [4.78, 5) is 22.5. The summed E-state index contributed by atoms with van der Waals surface area (Å²) < 4.78 is 6.28. The van der Waals surface area contributed by atoms with Crippen LogP contribution in [-0.4, -0.2) is 22.5 Å². The average Bonchev–Trinajstić information content (AvgIpc) is 3.11. The first-order valence-electron chi connectivity index (χ1n) is 10.0. The number of hydrogen-bond donors (Lipinski definition) is 3. The number of rotatable bonds is 6. The van der Waals surface area contributed by atoms with Crippen LogP contribution in [0.5, 0.6) is 0 Å². The molecule has 1 amide bonds. The van der Waals surface area contributed by atoms with E-state index in [1.165, 1.54) is 18.3 Å². The summed E-state index contributed by atoms with van der Waals surface area (Å²) in [7, 11) is 0. The molecule has 9 heteroatoms. The van der Waals surface area contributed by atoms with Gasteiger partial charge in [0.1, 0.15) is 5.15 Å². The van der Waals surface area contributed by atoms with Gasteiger partial charge in [-0.1, -0.05) is 32.4 Å². The van der Waals surface area contributed by atoms with E-state index in [2.05, 4.69) is 18.8 Å². The molecule has 7 nitrogen and oxygen atoms in total. The molecule has 0 saturated carbocycles. The van der Waals surface area contributed by atoms with Crippen LogP contribution in [0.3, 0.4) is 0 Å². The first-order chi connectivity index (χ1) is 14.6. The van der Waals surface area contributed by atoms with E-state index in [0.717, 1.165) is 15.0 Å². The number of nitrogens with one attached hydrogen (secondary N) is 1. The lowest BCUT2D eigenvalue weighted by molar-refractivity contribution is -0.114. The Morgan fingerprint density at radius 2 is 2.10 bits per heavy atom. The van der Waals surface area contributed by atoms with Crippen LogP contribution in [0.25, 0.3) is 10.1 Å². The van der Waals surface area contributed by atoms with Crippen LogP contribution in [0.2, 0.25) is 5.15 Å². The molecule has 31 heavy (non-hydrogen) atoms. The molecule has 0 saturated heterocycles. The number of aromatic nitrogens is 1. The van der Waals surface area contributed by atoms with Gasteiger partial charge in [-0.25, -0.2) is 4.98 Å². The van der Waals surface area contributed by atoms with Crippen molar-refractivity contribution in [2.24, 2.45) is 22.4 Å². The summed E-state index contributed by atoms with van der Waals surface area (Å²) in [5.41, 5.74) is 14.5. The van der Waals surface area contributed by atoms with Crippen LogP contribution in [0, 0.1) is 11.3 Å². The van der Waals surface area contributed by atoms with E-state index < -0.39 is 11.8 Å². The number of fused-ring (bicyclic) bond motifs is 1. The molecule has 0 radical (unpaired) electrons. The van der Waals surface area contributed by atoms with Crippen molar-refractivity contribution < 1.29 is 9.53 Å². The van der Waals surface area contributed by atoms with Crippen LogP contribution in [0.15, 0.2) is 46.0 Å². The molecule has 0 fully saturated rings. The van der Waals surface area contributed by atoms with Gasteiger partial charge in [-0.15, -0.1) is 11.3 Å². The molecular formula is C22H26ClN5O2S. The largest absolute Gasteiger partial charge is 0.428 e. The second-order valence-electron chi connectivity index (χ2n) is 7.77. The van der Waals surface area contributed by atoms with Gasteiger partial charge < -0.3 is 16.2 Å². The third kappa shape index (κ3) is 4.65. The molecule has 3 heterocycles. The van der Waals surface area contributed by atoms with E-state index in [9.17, 15) is 4.79 Å². The van der Waals surface area contributed by atoms with Gasteiger partial charge in [0.25, 0.3) is 0 Å². The Labute approximate surface area is 190 Å². The number of nitrogens with two attached hydrogens (primary N) is 2. The highest BCUT2D eigenvalue weighted by molar-refractivity contribution is 7.19. The molecule has 0 aliphatic carbocycles. The predicted molar refractivity (Wildman–Crippen MR) is 126 cm³/mol. The monoisotopic (exact) mass is 459 g/mol. The fourth-order valence-corrected chi connectivity index (χ4v) is 5.18. The standard InChI is InChI=1S/C22H26ClN5O2S/c1-5-13-17(22(26)30-11(4)24)18(16(21(25)29)14(28-13)8-10(2)3)15-9-12-6-7-27-20(23)19(12)31-15/h6-7,9-10,18,24H,5,8,26H2,1-4H3,(H2,25,29)/b22-17-,24-11?. The molecule has 1 atom stereocenters. The zero-order chi connectivity index (χ0) is 22.9. The number of carbonyl (C=O) groups excluding carboxylic acids is 1. The fourth-order valence-electron chi connectivity index (χ4n) is 3.74. The van der Waals surface area contributed by atoms with Crippen molar-refractivity contribution in [3.8, 4) is 0 Å². The van der Waals surface area contributed by atoms with Crippen molar-refractivity contribution in [2.75, 3.05) is 0 Å². The van der Waals surface area contributed by atoms with Gasteiger partial charge in [0.15, 0.2) is 11.8 Å². The minimum atomic E-state index is -0.563. The third-order valence-electron chi connectivity index (χ3n) is 4.89. The zero-order valence-electron chi connectivity index (χ0n) is 18.0. The summed E-state index contributed by atoms with van der Waals surface area (Å²) in [6.07, 6.45) is 2.82. The quantitative estimate of drug-likeness (QED) is 0.246. The van der Waals surface area contributed by atoms with Gasteiger partial charge >= 0.3 is 0 Å². The van der Waals surface area contributed by atoms with Gasteiger partial charge in [-0.05, 0) is 36.3 Å². The van der Waals surface area contributed by atoms with Crippen molar-refractivity contribution in [1.82, 2.24) is 4.98 Å². The summed E-state index contributed by atoms with van der Waals surface area (Å²) in [5.74, 6) is -0.858. The van der Waals surface area contributed by atoms with E-state index >= 15 is 0 Å². The Hall–Kier alpha value is -2.71. The Bertz CT molecular complexity index is 1150. The number of aliphatic imine (C=N–C) groups is 1. The minimum Gasteiger partial charge on any atom is -0.428 e. The van der Waals surface area contributed by atoms with Gasteiger partial charge in [0, 0.05) is 29.3 Å². The summed E-state index contributed by atoms with van der Waals surface area (Å²) in [5, 5.41) is 9.02. The molecule has 3 rings (SSSR count).